The topological polar surface area (TPSA) is 29.5 Å². The van der Waals surface area contributed by atoms with Crippen LogP contribution >= 0.6 is 0 Å². The third-order valence-corrected chi connectivity index (χ3v) is 6.17. The van der Waals surface area contributed by atoms with Gasteiger partial charge in [-0.25, -0.2) is 0 Å². The van der Waals surface area contributed by atoms with Gasteiger partial charge in [-0.15, -0.1) is 0 Å². The lowest BCUT2D eigenvalue weighted by Crippen LogP contribution is -2.49. The molecule has 1 aliphatic rings. The lowest BCUT2D eigenvalue weighted by Gasteiger charge is -2.33. The van der Waals surface area contributed by atoms with Crippen LogP contribution in [0.25, 0.3) is 0 Å². The molecule has 0 radical (unpaired) electrons. The van der Waals surface area contributed by atoms with Crippen LogP contribution in [0.3, 0.4) is 0 Å². The van der Waals surface area contributed by atoms with Crippen molar-refractivity contribution in [3.05, 3.63) is 0 Å². The zero-order valence-electron chi connectivity index (χ0n) is 20.1. The summed E-state index contributed by atoms with van der Waals surface area (Å²) in [6.45, 7) is 7.03. The van der Waals surface area contributed by atoms with E-state index in [-0.39, 0.29) is 0 Å². The number of nitrogens with zero attached hydrogens (tertiary/aromatic N) is 2. The van der Waals surface area contributed by atoms with Gasteiger partial charge in [0.1, 0.15) is 0 Å². The minimum Gasteiger partial charge on any atom is -0.381 e. The highest BCUT2D eigenvalue weighted by molar-refractivity contribution is 5.77. The van der Waals surface area contributed by atoms with E-state index in [4.69, 9.17) is 4.74 Å². The van der Waals surface area contributed by atoms with Crippen LogP contribution in [0.15, 0.2) is 0 Å². The fourth-order valence-corrected chi connectivity index (χ4v) is 4.28. The molecule has 0 unspecified atom stereocenters. The molecule has 4 nitrogen and oxygen atoms in total. The molecular formula is C25H51N2O2+. The van der Waals surface area contributed by atoms with Crippen LogP contribution in [0, 0.1) is 0 Å². The average Bonchev–Trinajstić information content (AvgIpc) is 3.08. The number of hydrogen-bond donors (Lipinski definition) is 0. The molecule has 1 heterocycles. The Bertz CT molecular complexity index is 398. The molecule has 29 heavy (non-hydrogen) atoms. The summed E-state index contributed by atoms with van der Waals surface area (Å²) in [7, 11) is 4.47. The summed E-state index contributed by atoms with van der Waals surface area (Å²) in [4.78, 5) is 13.8. The summed E-state index contributed by atoms with van der Waals surface area (Å²) in [5, 5.41) is 0. The highest BCUT2D eigenvalue weighted by Crippen LogP contribution is 2.14. The Morgan fingerprint density at radius 3 is 1.83 bits per heavy atom. The SMILES string of the molecule is CCCCCCCCCCCCCCOCCCC[N+](C)(C)CN1CCCC1=O. The Hall–Kier alpha value is -0.610. The highest BCUT2D eigenvalue weighted by atomic mass is 16.5. The van der Waals surface area contributed by atoms with Crippen molar-refractivity contribution in [2.24, 2.45) is 0 Å². The fourth-order valence-electron chi connectivity index (χ4n) is 4.28. The Balaban J connectivity index is 1.79. The van der Waals surface area contributed by atoms with Gasteiger partial charge in [0.25, 0.3) is 0 Å². The van der Waals surface area contributed by atoms with E-state index in [0.29, 0.717) is 5.91 Å². The maximum absolute atomic E-state index is 11.8. The summed E-state index contributed by atoms with van der Waals surface area (Å²) in [5.41, 5.74) is 0. The third-order valence-electron chi connectivity index (χ3n) is 6.17. The lowest BCUT2D eigenvalue weighted by atomic mass is 10.1. The van der Waals surface area contributed by atoms with Gasteiger partial charge in [0.05, 0.1) is 20.6 Å². The first kappa shape index (κ1) is 26.4. The van der Waals surface area contributed by atoms with Gasteiger partial charge in [-0.3, -0.25) is 9.69 Å². The fraction of sp³-hybridized carbons (Fsp3) is 0.960. The Kier molecular flexibility index (Phi) is 15.6. The number of rotatable bonds is 20. The molecule has 1 rings (SSSR count). The van der Waals surface area contributed by atoms with Crippen molar-refractivity contribution in [2.45, 2.75) is 110 Å². The van der Waals surface area contributed by atoms with Crippen molar-refractivity contribution in [1.29, 1.82) is 0 Å². The molecule has 0 aromatic rings. The van der Waals surface area contributed by atoms with Crippen molar-refractivity contribution < 1.29 is 14.0 Å². The predicted octanol–water partition coefficient (Wildman–Crippen LogP) is 6.14. The van der Waals surface area contributed by atoms with Gasteiger partial charge in [-0.05, 0) is 25.7 Å². The molecule has 0 atom stereocenters. The monoisotopic (exact) mass is 411 g/mol. The lowest BCUT2D eigenvalue weighted by molar-refractivity contribution is -0.899. The maximum Gasteiger partial charge on any atom is 0.226 e. The quantitative estimate of drug-likeness (QED) is 0.178. The Labute approximate surface area is 181 Å². The van der Waals surface area contributed by atoms with Crippen molar-refractivity contribution >= 4 is 5.91 Å². The minimum atomic E-state index is 0.335. The molecule has 172 valence electrons. The van der Waals surface area contributed by atoms with Crippen molar-refractivity contribution in [2.75, 3.05) is 47.1 Å². The van der Waals surface area contributed by atoms with E-state index >= 15 is 0 Å². The second-order valence-corrected chi connectivity index (χ2v) is 9.77. The van der Waals surface area contributed by atoms with Gasteiger partial charge < -0.3 is 9.22 Å². The molecule has 0 aromatic heterocycles. The molecule has 0 bridgehead atoms. The summed E-state index contributed by atoms with van der Waals surface area (Å²) in [6.07, 6.45) is 20.8. The van der Waals surface area contributed by atoms with Crippen LogP contribution in [0.1, 0.15) is 110 Å². The van der Waals surface area contributed by atoms with E-state index in [9.17, 15) is 4.79 Å². The molecule has 0 saturated carbocycles. The van der Waals surface area contributed by atoms with E-state index in [2.05, 4.69) is 21.0 Å². The maximum atomic E-state index is 11.8. The van der Waals surface area contributed by atoms with Crippen molar-refractivity contribution in [1.82, 2.24) is 4.90 Å². The number of ether oxygens (including phenoxy) is 1. The molecule has 0 aliphatic carbocycles. The molecular weight excluding hydrogens is 360 g/mol. The average molecular weight is 412 g/mol. The Morgan fingerprint density at radius 1 is 0.793 bits per heavy atom. The van der Waals surface area contributed by atoms with Crippen molar-refractivity contribution in [3.63, 3.8) is 0 Å². The zero-order chi connectivity index (χ0) is 21.2. The molecule has 1 amide bonds. The second kappa shape index (κ2) is 17.1. The molecule has 1 aliphatic heterocycles. The van der Waals surface area contributed by atoms with Gasteiger partial charge in [0, 0.05) is 26.2 Å². The minimum absolute atomic E-state index is 0.335. The first-order valence-corrected chi connectivity index (χ1v) is 12.7. The van der Waals surface area contributed by atoms with Crippen LogP contribution in [-0.4, -0.2) is 62.4 Å². The summed E-state index contributed by atoms with van der Waals surface area (Å²) in [6, 6.07) is 0. The van der Waals surface area contributed by atoms with Gasteiger partial charge >= 0.3 is 0 Å². The highest BCUT2D eigenvalue weighted by Gasteiger charge is 2.26. The van der Waals surface area contributed by atoms with E-state index in [0.717, 1.165) is 56.7 Å². The first-order valence-electron chi connectivity index (χ1n) is 12.7. The smallest absolute Gasteiger partial charge is 0.226 e. The van der Waals surface area contributed by atoms with Crippen LogP contribution in [0.2, 0.25) is 0 Å². The number of carbonyl (C=O) groups is 1. The number of unbranched alkanes of at least 4 members (excludes halogenated alkanes) is 12. The molecule has 1 saturated heterocycles. The molecule has 4 heteroatoms. The first-order chi connectivity index (χ1) is 14.0. The number of quaternary nitrogens is 1. The Morgan fingerprint density at radius 2 is 1.31 bits per heavy atom. The van der Waals surface area contributed by atoms with E-state index in [1.54, 1.807) is 0 Å². The van der Waals surface area contributed by atoms with Gasteiger partial charge in [-0.2, -0.15) is 0 Å². The third kappa shape index (κ3) is 14.9. The summed E-state index contributed by atoms with van der Waals surface area (Å²) < 4.78 is 6.73. The largest absolute Gasteiger partial charge is 0.381 e. The normalized spacial score (nSPS) is 14.9. The molecule has 1 fully saturated rings. The number of hydrogen-bond acceptors (Lipinski definition) is 2. The van der Waals surface area contributed by atoms with E-state index < -0.39 is 0 Å². The van der Waals surface area contributed by atoms with E-state index in [1.807, 2.05) is 4.90 Å². The van der Waals surface area contributed by atoms with Gasteiger partial charge in [0.15, 0.2) is 6.67 Å². The van der Waals surface area contributed by atoms with Gasteiger partial charge in [-0.1, -0.05) is 77.6 Å². The number of carbonyl (C=O) groups excluding carboxylic acids is 1. The number of amides is 1. The molecule has 0 aromatic carbocycles. The number of likely N-dealkylation sites (tertiary alicyclic amines) is 1. The molecule has 0 N–H and O–H groups in total. The zero-order valence-corrected chi connectivity index (χ0v) is 20.1. The second-order valence-electron chi connectivity index (χ2n) is 9.77. The van der Waals surface area contributed by atoms with Crippen molar-refractivity contribution in [3.8, 4) is 0 Å². The van der Waals surface area contributed by atoms with Gasteiger partial charge in [0.2, 0.25) is 5.91 Å². The van der Waals surface area contributed by atoms with Crippen LogP contribution in [0.5, 0.6) is 0 Å². The summed E-state index contributed by atoms with van der Waals surface area (Å²) in [5.74, 6) is 0.335. The standard InChI is InChI=1S/C25H51N2O2/c1-4-5-6-7-8-9-10-11-12-13-14-16-22-29-23-17-15-21-27(2,3)24-26-20-18-19-25(26)28/h4-24H2,1-3H3/q+1. The predicted molar refractivity (Wildman–Crippen MR) is 124 cm³/mol. The summed E-state index contributed by atoms with van der Waals surface area (Å²) >= 11 is 0. The van der Waals surface area contributed by atoms with Crippen LogP contribution < -0.4 is 0 Å². The van der Waals surface area contributed by atoms with E-state index in [1.165, 1.54) is 83.5 Å². The van der Waals surface area contributed by atoms with Crippen LogP contribution in [0.4, 0.5) is 0 Å². The molecule has 0 spiro atoms. The van der Waals surface area contributed by atoms with Crippen LogP contribution in [-0.2, 0) is 9.53 Å².